The van der Waals surface area contributed by atoms with Crippen molar-refractivity contribution in [2.75, 3.05) is 4.81 Å². The summed E-state index contributed by atoms with van der Waals surface area (Å²) in [6.45, 7) is 7.31. The van der Waals surface area contributed by atoms with E-state index in [1.54, 1.807) is 23.0 Å². The topological polar surface area (TPSA) is 3.24 Å². The average Bonchev–Trinajstić information content (AvgIpc) is 2.26. The molecule has 0 aromatic heterocycles. The molecule has 0 spiro atoms. The third-order valence-electron chi connectivity index (χ3n) is 1.81. The average molecular weight is 181 g/mol. The summed E-state index contributed by atoms with van der Waals surface area (Å²) >= 11 is 0. The fraction of sp³-hybridized carbons (Fsp3) is 0. The summed E-state index contributed by atoms with van der Waals surface area (Å²) in [6.07, 6.45) is 5.18. The maximum absolute atomic E-state index is 5.88. The Morgan fingerprint density at radius 3 is 2.36 bits per heavy atom. The summed E-state index contributed by atoms with van der Waals surface area (Å²) in [5.41, 5.74) is 1.73. The number of hydrogen-bond donors (Lipinski definition) is 0. The van der Waals surface area contributed by atoms with Crippen molar-refractivity contribution in [3.63, 3.8) is 0 Å². The lowest BCUT2D eigenvalue weighted by Gasteiger charge is -2.20. The molecule has 2 radical (unpaired) electrons. The van der Waals surface area contributed by atoms with Crippen molar-refractivity contribution in [1.29, 1.82) is 0 Å². The fourth-order valence-corrected chi connectivity index (χ4v) is 1.11. The molecule has 0 saturated carbocycles. The van der Waals surface area contributed by atoms with E-state index in [0.29, 0.717) is 0 Å². The molecule has 2 heteroatoms. The number of nitrogens with zero attached hydrogens (tertiary/aromatic N) is 1. The van der Waals surface area contributed by atoms with Gasteiger partial charge in [0.05, 0.1) is 0 Å². The first kappa shape index (κ1) is 10.4. The van der Waals surface area contributed by atoms with Crippen LogP contribution in [0.15, 0.2) is 67.4 Å². The zero-order valence-corrected chi connectivity index (χ0v) is 8.06. The van der Waals surface area contributed by atoms with E-state index in [1.807, 2.05) is 30.3 Å². The Morgan fingerprint density at radius 2 is 1.86 bits per heavy atom. The second-order valence-corrected chi connectivity index (χ2v) is 2.74. The van der Waals surface area contributed by atoms with E-state index in [2.05, 4.69) is 13.2 Å². The fourth-order valence-electron chi connectivity index (χ4n) is 1.11. The molecule has 0 aliphatic heterocycles. The lowest BCUT2D eigenvalue weighted by molar-refractivity contribution is 1.33. The standard InChI is InChI=1S/C12H12BN/c1-3-8-11(4-2)14(13)12-9-6-5-7-10-12/h3-10H,1-2H2/b11-8+. The summed E-state index contributed by atoms with van der Waals surface area (Å²) in [6, 6.07) is 9.68. The van der Waals surface area contributed by atoms with Crippen molar-refractivity contribution in [2.24, 2.45) is 0 Å². The predicted octanol–water partition coefficient (Wildman–Crippen LogP) is 2.83. The van der Waals surface area contributed by atoms with Crippen LogP contribution in [0.25, 0.3) is 0 Å². The molecule has 0 aliphatic rings. The first-order valence-electron chi connectivity index (χ1n) is 4.34. The number of para-hydroxylation sites is 1. The predicted molar refractivity (Wildman–Crippen MR) is 63.2 cm³/mol. The molecule has 1 aromatic carbocycles. The van der Waals surface area contributed by atoms with E-state index < -0.39 is 0 Å². The summed E-state index contributed by atoms with van der Waals surface area (Å²) in [5, 5.41) is 0. The maximum atomic E-state index is 5.88. The van der Waals surface area contributed by atoms with E-state index in [1.165, 1.54) is 0 Å². The van der Waals surface area contributed by atoms with Gasteiger partial charge in [-0.2, -0.15) is 0 Å². The molecule has 0 saturated heterocycles. The number of anilines is 1. The van der Waals surface area contributed by atoms with Crippen molar-refractivity contribution >= 4 is 13.7 Å². The quantitative estimate of drug-likeness (QED) is 0.509. The molecule has 0 amide bonds. The van der Waals surface area contributed by atoms with E-state index in [-0.39, 0.29) is 0 Å². The van der Waals surface area contributed by atoms with Gasteiger partial charge in [-0.1, -0.05) is 37.4 Å². The molecule has 0 bridgehead atoms. The lowest BCUT2D eigenvalue weighted by Crippen LogP contribution is -2.16. The number of allylic oxidation sites excluding steroid dienone is 3. The highest BCUT2D eigenvalue weighted by molar-refractivity contribution is 6.20. The largest absolute Gasteiger partial charge is 0.398 e. The molecule has 0 fully saturated rings. The van der Waals surface area contributed by atoms with Gasteiger partial charge in [0.1, 0.15) is 0 Å². The Morgan fingerprint density at radius 1 is 1.21 bits per heavy atom. The monoisotopic (exact) mass is 181 g/mol. The van der Waals surface area contributed by atoms with Gasteiger partial charge in [-0.05, 0) is 24.3 Å². The van der Waals surface area contributed by atoms with Crippen LogP contribution in [0.3, 0.4) is 0 Å². The van der Waals surface area contributed by atoms with Crippen molar-refractivity contribution < 1.29 is 0 Å². The minimum absolute atomic E-state index is 0.811. The van der Waals surface area contributed by atoms with Gasteiger partial charge in [0.15, 0.2) is 0 Å². The highest BCUT2D eigenvalue weighted by Crippen LogP contribution is 2.16. The molecule has 0 heterocycles. The number of hydrogen-bond acceptors (Lipinski definition) is 1. The Labute approximate surface area is 86.5 Å². The molecular weight excluding hydrogens is 169 g/mol. The summed E-state index contributed by atoms with van der Waals surface area (Å²) < 4.78 is 0. The van der Waals surface area contributed by atoms with Gasteiger partial charge in [0.25, 0.3) is 0 Å². The van der Waals surface area contributed by atoms with Gasteiger partial charge >= 0.3 is 0 Å². The second kappa shape index (κ2) is 5.13. The minimum Gasteiger partial charge on any atom is -0.398 e. The molecule has 1 aromatic rings. The highest BCUT2D eigenvalue weighted by Gasteiger charge is 2.00. The van der Waals surface area contributed by atoms with E-state index >= 15 is 0 Å². The van der Waals surface area contributed by atoms with Gasteiger partial charge < -0.3 is 4.81 Å². The molecule has 0 atom stereocenters. The number of rotatable bonds is 4. The third kappa shape index (κ3) is 2.39. The van der Waals surface area contributed by atoms with Gasteiger partial charge in [-0.3, -0.25) is 0 Å². The second-order valence-electron chi connectivity index (χ2n) is 2.74. The molecular formula is C12H12BN. The third-order valence-corrected chi connectivity index (χ3v) is 1.81. The first-order chi connectivity index (χ1) is 6.79. The lowest BCUT2D eigenvalue weighted by atomic mass is 10.1. The van der Waals surface area contributed by atoms with E-state index in [0.717, 1.165) is 11.4 Å². The zero-order chi connectivity index (χ0) is 10.4. The van der Waals surface area contributed by atoms with Crippen LogP contribution >= 0.6 is 0 Å². The minimum atomic E-state index is 0.811. The van der Waals surface area contributed by atoms with Crippen molar-refractivity contribution in [3.8, 4) is 0 Å². The van der Waals surface area contributed by atoms with Gasteiger partial charge in [-0.25, -0.2) is 0 Å². The Hall–Kier alpha value is -1.70. The zero-order valence-electron chi connectivity index (χ0n) is 8.06. The molecule has 0 N–H and O–H groups in total. The van der Waals surface area contributed by atoms with Crippen LogP contribution in [0.5, 0.6) is 0 Å². The highest BCUT2D eigenvalue weighted by atomic mass is 15.0. The molecule has 14 heavy (non-hydrogen) atoms. The van der Waals surface area contributed by atoms with Gasteiger partial charge in [0.2, 0.25) is 7.98 Å². The van der Waals surface area contributed by atoms with Crippen LogP contribution in [0.4, 0.5) is 5.69 Å². The Bertz CT molecular complexity index is 341. The van der Waals surface area contributed by atoms with E-state index in [4.69, 9.17) is 7.98 Å². The SMILES string of the molecule is [B]N(/C(C=C)=C/C=C)c1ccccc1. The van der Waals surface area contributed by atoms with E-state index in [9.17, 15) is 0 Å². The normalized spacial score (nSPS) is 10.7. The molecule has 0 aliphatic carbocycles. The Balaban J connectivity index is 2.94. The first-order valence-corrected chi connectivity index (χ1v) is 4.34. The van der Waals surface area contributed by atoms with Gasteiger partial charge in [-0.15, -0.1) is 0 Å². The summed E-state index contributed by atoms with van der Waals surface area (Å²) in [5.74, 6) is 0. The smallest absolute Gasteiger partial charge is 0.234 e. The van der Waals surface area contributed by atoms with Crippen LogP contribution < -0.4 is 4.81 Å². The van der Waals surface area contributed by atoms with Crippen molar-refractivity contribution in [1.82, 2.24) is 0 Å². The van der Waals surface area contributed by atoms with Gasteiger partial charge in [0, 0.05) is 11.4 Å². The van der Waals surface area contributed by atoms with Crippen molar-refractivity contribution in [3.05, 3.63) is 67.4 Å². The van der Waals surface area contributed by atoms with Crippen LogP contribution in [0, 0.1) is 0 Å². The van der Waals surface area contributed by atoms with Crippen LogP contribution in [-0.2, 0) is 0 Å². The molecule has 68 valence electrons. The summed E-state index contributed by atoms with van der Waals surface area (Å²) in [7, 11) is 5.88. The van der Waals surface area contributed by atoms with Crippen LogP contribution in [0.1, 0.15) is 0 Å². The van der Waals surface area contributed by atoms with Crippen molar-refractivity contribution in [2.45, 2.75) is 0 Å². The number of benzene rings is 1. The molecule has 0 unspecified atom stereocenters. The summed E-state index contributed by atoms with van der Waals surface area (Å²) in [4.78, 5) is 1.56. The molecule has 1 rings (SSSR count). The van der Waals surface area contributed by atoms with Crippen LogP contribution in [-0.4, -0.2) is 7.98 Å². The molecule has 1 nitrogen and oxygen atoms in total. The van der Waals surface area contributed by atoms with Crippen LogP contribution in [0.2, 0.25) is 0 Å². The maximum Gasteiger partial charge on any atom is 0.234 e. The Kier molecular flexibility index (Phi) is 3.80.